The van der Waals surface area contributed by atoms with Crippen molar-refractivity contribution in [2.24, 2.45) is 12.8 Å². The molecule has 5 heteroatoms. The summed E-state index contributed by atoms with van der Waals surface area (Å²) in [4.78, 5) is 11.7. The molecule has 0 fully saturated rings. The van der Waals surface area contributed by atoms with Gasteiger partial charge in [-0.15, -0.1) is 0 Å². The Labute approximate surface area is 91.6 Å². The molecule has 1 rings (SSSR count). The quantitative estimate of drug-likeness (QED) is 0.644. The summed E-state index contributed by atoms with van der Waals surface area (Å²) in [7, 11) is 1.76. The molecular weight excluding hydrogens is 246 g/mol. The fourth-order valence-electron chi connectivity index (χ4n) is 1.27. The predicted octanol–water partition coefficient (Wildman–Crippen LogP) is 1.49. The van der Waals surface area contributed by atoms with E-state index in [1.165, 1.54) is 0 Å². The zero-order valence-electron chi connectivity index (χ0n) is 8.16. The molecule has 0 spiro atoms. The Morgan fingerprint density at radius 1 is 1.64 bits per heavy atom. The average Bonchev–Trinajstić information content (AvgIpc) is 2.46. The minimum atomic E-state index is 0.116. The number of nitrogens with zero attached hydrogens (tertiary/aromatic N) is 2. The number of rotatable bonds is 5. The molecule has 0 bridgehead atoms. The number of nitrogens with two attached hydrogens (primary N) is 1. The normalized spacial score (nSPS) is 10.5. The Morgan fingerprint density at radius 3 is 2.86 bits per heavy atom. The van der Waals surface area contributed by atoms with Gasteiger partial charge >= 0.3 is 0 Å². The van der Waals surface area contributed by atoms with E-state index in [2.05, 4.69) is 21.0 Å². The summed E-state index contributed by atoms with van der Waals surface area (Å²) < 4.78 is 2.35. The molecule has 0 aliphatic carbocycles. The van der Waals surface area contributed by atoms with Crippen LogP contribution in [-0.2, 0) is 7.05 Å². The Bertz CT molecular complexity index is 302. The molecule has 0 unspecified atom stereocenters. The number of halogens is 1. The number of unbranched alkanes of at least 4 members (excludes halogenated alkanes) is 1. The number of aryl methyl sites for hydroxylation is 1. The number of Topliss-reactive ketones (excluding diaryl/α,β-unsaturated/α-hetero) is 1. The average molecular weight is 260 g/mol. The summed E-state index contributed by atoms with van der Waals surface area (Å²) in [6.45, 7) is 0.639. The summed E-state index contributed by atoms with van der Waals surface area (Å²) in [5.74, 6) is 0.116. The molecule has 1 aromatic heterocycles. The Morgan fingerprint density at radius 2 is 2.36 bits per heavy atom. The van der Waals surface area contributed by atoms with Crippen molar-refractivity contribution >= 4 is 21.7 Å². The fourth-order valence-corrected chi connectivity index (χ4v) is 1.84. The molecule has 78 valence electrons. The van der Waals surface area contributed by atoms with E-state index in [9.17, 15) is 4.79 Å². The van der Waals surface area contributed by atoms with E-state index in [4.69, 9.17) is 5.73 Å². The van der Waals surface area contributed by atoms with Crippen LogP contribution in [0.1, 0.15) is 29.8 Å². The second-order valence-corrected chi connectivity index (χ2v) is 3.99. The van der Waals surface area contributed by atoms with Crippen molar-refractivity contribution in [3.8, 4) is 0 Å². The Balaban J connectivity index is 2.60. The van der Waals surface area contributed by atoms with Crippen LogP contribution in [0.3, 0.4) is 0 Å². The highest BCUT2D eigenvalue weighted by molar-refractivity contribution is 9.10. The second kappa shape index (κ2) is 5.26. The van der Waals surface area contributed by atoms with Crippen molar-refractivity contribution in [1.82, 2.24) is 9.78 Å². The topological polar surface area (TPSA) is 60.9 Å². The van der Waals surface area contributed by atoms with E-state index in [-0.39, 0.29) is 5.78 Å². The lowest BCUT2D eigenvalue weighted by molar-refractivity contribution is 0.0969. The highest BCUT2D eigenvalue weighted by Crippen LogP contribution is 2.17. The lowest BCUT2D eigenvalue weighted by Gasteiger charge is -2.01. The predicted molar refractivity (Wildman–Crippen MR) is 58.1 cm³/mol. The van der Waals surface area contributed by atoms with Gasteiger partial charge in [-0.05, 0) is 35.3 Å². The van der Waals surface area contributed by atoms with Crippen LogP contribution in [0.5, 0.6) is 0 Å². The molecule has 0 aliphatic rings. The molecule has 2 N–H and O–H groups in total. The molecule has 4 nitrogen and oxygen atoms in total. The second-order valence-electron chi connectivity index (χ2n) is 3.13. The third kappa shape index (κ3) is 2.65. The minimum absolute atomic E-state index is 0.116. The van der Waals surface area contributed by atoms with Crippen LogP contribution in [0, 0.1) is 0 Å². The number of carbonyl (C=O) groups excluding carboxylic acids is 1. The molecule has 0 saturated heterocycles. The first-order valence-corrected chi connectivity index (χ1v) is 5.37. The molecule has 0 amide bonds. The van der Waals surface area contributed by atoms with E-state index in [0.29, 0.717) is 18.7 Å². The van der Waals surface area contributed by atoms with Crippen LogP contribution in [0.25, 0.3) is 0 Å². The highest BCUT2D eigenvalue weighted by atomic mass is 79.9. The summed E-state index contributed by atoms with van der Waals surface area (Å²) >= 11 is 3.30. The van der Waals surface area contributed by atoms with E-state index in [1.807, 2.05) is 0 Å². The number of hydrogen-bond donors (Lipinski definition) is 1. The van der Waals surface area contributed by atoms with E-state index >= 15 is 0 Å². The maximum Gasteiger partial charge on any atom is 0.182 e. The van der Waals surface area contributed by atoms with Gasteiger partial charge in [0.1, 0.15) is 5.69 Å². The monoisotopic (exact) mass is 259 g/mol. The standard InChI is InChI=1S/C9H14BrN3O/c1-13-9(7(10)6-12-13)8(14)4-2-3-5-11/h6H,2-5,11H2,1H3. The maximum absolute atomic E-state index is 11.7. The summed E-state index contributed by atoms with van der Waals surface area (Å²) in [6.07, 6.45) is 3.90. The van der Waals surface area contributed by atoms with Gasteiger partial charge in [0.2, 0.25) is 0 Å². The van der Waals surface area contributed by atoms with Crippen LogP contribution in [0.2, 0.25) is 0 Å². The van der Waals surface area contributed by atoms with Gasteiger partial charge in [-0.25, -0.2) is 0 Å². The van der Waals surface area contributed by atoms with Crippen molar-refractivity contribution in [2.45, 2.75) is 19.3 Å². The SMILES string of the molecule is Cn1ncc(Br)c1C(=O)CCCCN. The summed E-state index contributed by atoms with van der Waals surface area (Å²) in [6, 6.07) is 0. The smallest absolute Gasteiger partial charge is 0.182 e. The van der Waals surface area contributed by atoms with Crippen LogP contribution < -0.4 is 5.73 Å². The van der Waals surface area contributed by atoms with Gasteiger partial charge in [0.05, 0.1) is 10.7 Å². The number of carbonyl (C=O) groups is 1. The number of hydrogen-bond acceptors (Lipinski definition) is 3. The zero-order valence-corrected chi connectivity index (χ0v) is 9.75. The van der Waals surface area contributed by atoms with Gasteiger partial charge in [-0.1, -0.05) is 0 Å². The van der Waals surface area contributed by atoms with Crippen LogP contribution in [-0.4, -0.2) is 22.1 Å². The molecule has 0 radical (unpaired) electrons. The van der Waals surface area contributed by atoms with Crippen LogP contribution in [0.4, 0.5) is 0 Å². The molecule has 0 aromatic carbocycles. The molecular formula is C9H14BrN3O. The van der Waals surface area contributed by atoms with Crippen molar-refractivity contribution < 1.29 is 4.79 Å². The summed E-state index contributed by atoms with van der Waals surface area (Å²) in [5, 5.41) is 3.99. The third-order valence-electron chi connectivity index (χ3n) is 2.02. The van der Waals surface area contributed by atoms with Crippen molar-refractivity contribution in [3.05, 3.63) is 16.4 Å². The van der Waals surface area contributed by atoms with Crippen molar-refractivity contribution in [1.29, 1.82) is 0 Å². The maximum atomic E-state index is 11.7. The van der Waals surface area contributed by atoms with Crippen LogP contribution >= 0.6 is 15.9 Å². The van der Waals surface area contributed by atoms with Gasteiger partial charge in [0, 0.05) is 13.5 Å². The molecule has 0 aliphatic heterocycles. The number of aromatic nitrogens is 2. The van der Waals surface area contributed by atoms with E-state index in [1.54, 1.807) is 17.9 Å². The molecule has 1 heterocycles. The molecule has 14 heavy (non-hydrogen) atoms. The first-order chi connectivity index (χ1) is 6.66. The first kappa shape index (κ1) is 11.4. The minimum Gasteiger partial charge on any atom is -0.330 e. The molecule has 0 atom stereocenters. The van der Waals surface area contributed by atoms with E-state index < -0.39 is 0 Å². The highest BCUT2D eigenvalue weighted by Gasteiger charge is 2.14. The van der Waals surface area contributed by atoms with Gasteiger partial charge < -0.3 is 5.73 Å². The molecule has 1 aromatic rings. The lowest BCUT2D eigenvalue weighted by Crippen LogP contribution is -2.08. The largest absolute Gasteiger partial charge is 0.330 e. The van der Waals surface area contributed by atoms with Crippen LogP contribution in [0.15, 0.2) is 10.7 Å². The zero-order chi connectivity index (χ0) is 10.6. The van der Waals surface area contributed by atoms with Gasteiger partial charge in [0.15, 0.2) is 5.78 Å². The Hall–Kier alpha value is -0.680. The first-order valence-electron chi connectivity index (χ1n) is 4.57. The third-order valence-corrected chi connectivity index (χ3v) is 2.60. The lowest BCUT2D eigenvalue weighted by atomic mass is 10.1. The van der Waals surface area contributed by atoms with E-state index in [0.717, 1.165) is 17.3 Å². The fraction of sp³-hybridized carbons (Fsp3) is 0.556. The van der Waals surface area contributed by atoms with Gasteiger partial charge in [-0.3, -0.25) is 9.48 Å². The van der Waals surface area contributed by atoms with Crippen molar-refractivity contribution in [3.63, 3.8) is 0 Å². The number of ketones is 1. The van der Waals surface area contributed by atoms with Gasteiger partial charge in [0.25, 0.3) is 0 Å². The van der Waals surface area contributed by atoms with Gasteiger partial charge in [-0.2, -0.15) is 5.10 Å². The Kier molecular flexibility index (Phi) is 4.28. The molecule has 0 saturated carbocycles. The summed E-state index contributed by atoms with van der Waals surface area (Å²) in [5.41, 5.74) is 6.00. The van der Waals surface area contributed by atoms with Crippen molar-refractivity contribution in [2.75, 3.05) is 6.54 Å².